The van der Waals surface area contributed by atoms with Crippen LogP contribution in [0.4, 0.5) is 0 Å². The monoisotopic (exact) mass is 513 g/mol. The molecule has 1 aliphatic heterocycles. The van der Waals surface area contributed by atoms with E-state index in [9.17, 15) is 9.59 Å². The fourth-order valence-electron chi connectivity index (χ4n) is 4.94. The van der Waals surface area contributed by atoms with Crippen molar-refractivity contribution in [3.05, 3.63) is 99.4 Å². The maximum Gasteiger partial charge on any atom is 0.349 e. The molecule has 3 aromatic carbocycles. The van der Waals surface area contributed by atoms with Gasteiger partial charge in [0.15, 0.2) is 11.5 Å². The average Bonchev–Trinajstić information content (AvgIpc) is 2.94. The summed E-state index contributed by atoms with van der Waals surface area (Å²) in [7, 11) is 3.18. The summed E-state index contributed by atoms with van der Waals surface area (Å²) in [5, 5.41) is 0.692. The zero-order chi connectivity index (χ0) is 26.8. The standard InChI is InChI=1S/C31H31NO6/c1-19(2)20-9-11-23(12-10-20)37-18-26-24-17-29(36-4)28(35-3)16-21(24)13-14-32(26)30(33)25-15-22-7-5-6-8-27(22)38-31(25)34/h5-12,15-17,19,26H,13-14,18H2,1-4H3. The molecule has 0 saturated carbocycles. The summed E-state index contributed by atoms with van der Waals surface area (Å²) in [4.78, 5) is 28.4. The second-order valence-electron chi connectivity index (χ2n) is 9.69. The van der Waals surface area contributed by atoms with E-state index in [2.05, 4.69) is 13.8 Å². The molecular weight excluding hydrogens is 482 g/mol. The molecule has 1 atom stereocenters. The highest BCUT2D eigenvalue weighted by molar-refractivity contribution is 5.97. The zero-order valence-corrected chi connectivity index (χ0v) is 22.0. The predicted molar refractivity (Wildman–Crippen MR) is 146 cm³/mol. The van der Waals surface area contributed by atoms with Crippen LogP contribution < -0.4 is 19.8 Å². The van der Waals surface area contributed by atoms with Gasteiger partial charge in [-0.2, -0.15) is 0 Å². The van der Waals surface area contributed by atoms with Gasteiger partial charge in [-0.1, -0.05) is 44.2 Å². The summed E-state index contributed by atoms with van der Waals surface area (Å²) in [5.41, 5.74) is 2.94. The Morgan fingerprint density at radius 3 is 2.42 bits per heavy atom. The van der Waals surface area contributed by atoms with Gasteiger partial charge in [0.25, 0.3) is 5.91 Å². The SMILES string of the molecule is COc1cc2c(cc1OC)C(COc1ccc(C(C)C)cc1)N(C(=O)c1cc3ccccc3oc1=O)CC2. The quantitative estimate of drug-likeness (QED) is 0.293. The van der Waals surface area contributed by atoms with Crippen molar-refractivity contribution in [3.63, 3.8) is 0 Å². The van der Waals surface area contributed by atoms with E-state index in [-0.39, 0.29) is 12.2 Å². The van der Waals surface area contributed by atoms with E-state index in [0.717, 1.165) is 11.1 Å². The van der Waals surface area contributed by atoms with E-state index in [1.807, 2.05) is 48.5 Å². The molecule has 2 heterocycles. The minimum Gasteiger partial charge on any atom is -0.493 e. The predicted octanol–water partition coefficient (Wildman–Crippen LogP) is 5.75. The Kier molecular flexibility index (Phi) is 7.09. The van der Waals surface area contributed by atoms with Gasteiger partial charge in [-0.3, -0.25) is 4.79 Å². The first kappa shape index (κ1) is 25.4. The lowest BCUT2D eigenvalue weighted by atomic mass is 9.91. The Bertz CT molecular complexity index is 1520. The molecule has 0 saturated heterocycles. The van der Waals surface area contributed by atoms with Crippen molar-refractivity contribution in [2.24, 2.45) is 0 Å². The molecule has 0 spiro atoms. The van der Waals surface area contributed by atoms with Crippen molar-refractivity contribution in [2.75, 3.05) is 27.4 Å². The molecule has 0 radical (unpaired) electrons. The normalized spacial score (nSPS) is 14.9. The molecule has 1 aromatic heterocycles. The third-order valence-corrected chi connectivity index (χ3v) is 7.09. The minimum absolute atomic E-state index is 0.00101. The Morgan fingerprint density at radius 1 is 1.00 bits per heavy atom. The Hall–Kier alpha value is -4.26. The molecular formula is C31H31NO6. The molecule has 1 amide bonds. The fourth-order valence-corrected chi connectivity index (χ4v) is 4.94. The Balaban J connectivity index is 1.52. The zero-order valence-electron chi connectivity index (χ0n) is 22.0. The third-order valence-electron chi connectivity index (χ3n) is 7.09. The molecule has 4 aromatic rings. The fraction of sp³-hybridized carbons (Fsp3) is 0.290. The van der Waals surface area contributed by atoms with E-state index < -0.39 is 17.6 Å². The number of hydrogen-bond acceptors (Lipinski definition) is 6. The molecule has 1 unspecified atom stereocenters. The number of methoxy groups -OCH3 is 2. The molecule has 7 nitrogen and oxygen atoms in total. The van der Waals surface area contributed by atoms with Crippen molar-refractivity contribution in [3.8, 4) is 17.2 Å². The lowest BCUT2D eigenvalue weighted by molar-refractivity contribution is 0.0585. The van der Waals surface area contributed by atoms with Crippen LogP contribution in [0.3, 0.4) is 0 Å². The van der Waals surface area contributed by atoms with Gasteiger partial charge in [-0.15, -0.1) is 0 Å². The number of benzene rings is 3. The van der Waals surface area contributed by atoms with Gasteiger partial charge in [0, 0.05) is 11.9 Å². The van der Waals surface area contributed by atoms with Crippen molar-refractivity contribution < 1.29 is 23.4 Å². The molecule has 196 valence electrons. The van der Waals surface area contributed by atoms with Crippen LogP contribution in [0, 0.1) is 0 Å². The summed E-state index contributed by atoms with van der Waals surface area (Å²) in [6.07, 6.45) is 0.597. The molecule has 0 fully saturated rings. The first-order valence-electron chi connectivity index (χ1n) is 12.7. The van der Waals surface area contributed by atoms with Crippen LogP contribution in [0.1, 0.15) is 52.9 Å². The van der Waals surface area contributed by atoms with Gasteiger partial charge in [0.05, 0.1) is 20.3 Å². The third kappa shape index (κ3) is 4.84. The number of para-hydroxylation sites is 1. The molecule has 7 heteroatoms. The summed E-state index contributed by atoms with van der Waals surface area (Å²) in [6, 6.07) is 20.1. The van der Waals surface area contributed by atoms with Crippen LogP contribution in [0.25, 0.3) is 11.0 Å². The second-order valence-corrected chi connectivity index (χ2v) is 9.69. The van der Waals surface area contributed by atoms with Crippen LogP contribution in [-0.2, 0) is 6.42 Å². The van der Waals surface area contributed by atoms with E-state index in [4.69, 9.17) is 18.6 Å². The van der Waals surface area contributed by atoms with E-state index in [1.165, 1.54) is 5.56 Å². The number of fused-ring (bicyclic) bond motifs is 2. The Morgan fingerprint density at radius 2 is 1.71 bits per heavy atom. The number of amides is 1. The molecule has 0 bridgehead atoms. The van der Waals surface area contributed by atoms with Gasteiger partial charge in [-0.25, -0.2) is 4.79 Å². The largest absolute Gasteiger partial charge is 0.493 e. The van der Waals surface area contributed by atoms with Gasteiger partial charge in [-0.05, 0) is 65.4 Å². The van der Waals surface area contributed by atoms with Crippen LogP contribution in [0.15, 0.2) is 75.9 Å². The highest BCUT2D eigenvalue weighted by atomic mass is 16.5. The van der Waals surface area contributed by atoms with Crippen molar-refractivity contribution in [1.29, 1.82) is 0 Å². The average molecular weight is 514 g/mol. The summed E-state index contributed by atoms with van der Waals surface area (Å²) in [5.74, 6) is 1.92. The number of carbonyl (C=O) groups excluding carboxylic acids is 1. The highest BCUT2D eigenvalue weighted by Crippen LogP contribution is 2.39. The maximum atomic E-state index is 13.8. The number of hydrogen-bond donors (Lipinski definition) is 0. The number of ether oxygens (including phenoxy) is 3. The maximum absolute atomic E-state index is 13.8. The highest BCUT2D eigenvalue weighted by Gasteiger charge is 2.34. The lowest BCUT2D eigenvalue weighted by Crippen LogP contribution is -2.44. The second kappa shape index (κ2) is 10.6. The van der Waals surface area contributed by atoms with Gasteiger partial charge >= 0.3 is 5.63 Å². The van der Waals surface area contributed by atoms with Crippen LogP contribution in [-0.4, -0.2) is 38.2 Å². The number of carbonyl (C=O) groups is 1. The molecule has 0 aliphatic carbocycles. The van der Waals surface area contributed by atoms with Crippen LogP contribution in [0.5, 0.6) is 17.2 Å². The summed E-state index contributed by atoms with van der Waals surface area (Å²) < 4.78 is 22.8. The first-order chi connectivity index (χ1) is 18.4. The summed E-state index contributed by atoms with van der Waals surface area (Å²) >= 11 is 0. The summed E-state index contributed by atoms with van der Waals surface area (Å²) in [6.45, 7) is 4.90. The van der Waals surface area contributed by atoms with Gasteiger partial charge in [0.1, 0.15) is 23.5 Å². The first-order valence-corrected chi connectivity index (χ1v) is 12.7. The van der Waals surface area contributed by atoms with Gasteiger partial charge < -0.3 is 23.5 Å². The van der Waals surface area contributed by atoms with E-state index in [1.54, 1.807) is 37.3 Å². The molecule has 38 heavy (non-hydrogen) atoms. The Labute approximate surface area is 221 Å². The minimum atomic E-state index is -0.657. The lowest BCUT2D eigenvalue weighted by Gasteiger charge is -2.37. The van der Waals surface area contributed by atoms with Crippen LogP contribution >= 0.6 is 0 Å². The number of nitrogens with zero attached hydrogens (tertiary/aromatic N) is 1. The molecule has 5 rings (SSSR count). The molecule has 0 N–H and O–H groups in total. The van der Waals surface area contributed by atoms with Crippen LogP contribution in [0.2, 0.25) is 0 Å². The number of rotatable bonds is 7. The topological polar surface area (TPSA) is 78.2 Å². The van der Waals surface area contributed by atoms with Gasteiger partial charge in [0.2, 0.25) is 0 Å². The molecule has 1 aliphatic rings. The van der Waals surface area contributed by atoms with E-state index in [0.29, 0.717) is 47.1 Å². The smallest absolute Gasteiger partial charge is 0.349 e. The van der Waals surface area contributed by atoms with Crippen molar-refractivity contribution in [2.45, 2.75) is 32.2 Å². The van der Waals surface area contributed by atoms with E-state index >= 15 is 0 Å². The van der Waals surface area contributed by atoms with Crippen molar-refractivity contribution in [1.82, 2.24) is 4.90 Å². The van der Waals surface area contributed by atoms with Crippen molar-refractivity contribution >= 4 is 16.9 Å².